The van der Waals surface area contributed by atoms with Crippen LogP contribution in [0.25, 0.3) is 0 Å². The minimum absolute atomic E-state index is 0.235. The molecule has 0 aliphatic heterocycles. The van der Waals surface area contributed by atoms with Crippen LogP contribution in [-0.2, 0) is 19.2 Å². The number of amides is 3. The van der Waals surface area contributed by atoms with E-state index < -0.39 is 48.6 Å². The highest BCUT2D eigenvalue weighted by molar-refractivity contribution is 5.91. The summed E-state index contributed by atoms with van der Waals surface area (Å²) >= 11 is 0. The molecule has 0 bridgehead atoms. The van der Waals surface area contributed by atoms with Crippen LogP contribution < -0.4 is 17.2 Å². The predicted octanol–water partition coefficient (Wildman–Crippen LogP) is -3.26. The summed E-state index contributed by atoms with van der Waals surface area (Å²) in [5, 5.41) is 17.8. The van der Waals surface area contributed by atoms with Crippen molar-refractivity contribution >= 4 is 23.7 Å². The van der Waals surface area contributed by atoms with Crippen LogP contribution in [-0.4, -0.2) is 51.2 Å². The van der Waals surface area contributed by atoms with Crippen LogP contribution in [0.5, 0.6) is 0 Å². The second kappa shape index (κ2) is 6.51. The molecular weight excluding hydrogens is 248 g/mol. The Kier molecular flexibility index (Phi) is 5.72. The average molecular weight is 262 g/mol. The molecule has 0 aromatic carbocycles. The third-order valence-corrected chi connectivity index (χ3v) is 1.94. The second-order valence-electron chi connectivity index (χ2n) is 3.48. The van der Waals surface area contributed by atoms with E-state index in [0.29, 0.717) is 0 Å². The van der Waals surface area contributed by atoms with Crippen LogP contribution in [0.4, 0.5) is 0 Å². The van der Waals surface area contributed by atoms with Crippen molar-refractivity contribution in [3.63, 3.8) is 0 Å². The zero-order valence-electron chi connectivity index (χ0n) is 9.28. The number of nitrogens with zero attached hydrogens (tertiary/aromatic N) is 1. The summed E-state index contributed by atoms with van der Waals surface area (Å²) < 4.78 is 0. The van der Waals surface area contributed by atoms with E-state index in [-0.39, 0.29) is 5.06 Å². The lowest BCUT2D eigenvalue weighted by Crippen LogP contribution is -2.51. The molecule has 0 aliphatic carbocycles. The van der Waals surface area contributed by atoms with Crippen molar-refractivity contribution in [1.29, 1.82) is 0 Å². The maximum Gasteiger partial charge on any atom is 0.329 e. The standard InChI is InChI=1S/C8H14N4O6/c9-3(1-5(10)13)7(15)12(18)4(8(16)17)2-6(11)14/h3-4,18H,1-2,9H2,(H2,10,13)(H2,11,14)(H,16,17). The molecular formula is C8H14N4O6. The monoisotopic (exact) mass is 262 g/mol. The van der Waals surface area contributed by atoms with Crippen LogP contribution in [0.15, 0.2) is 0 Å². The fourth-order valence-electron chi connectivity index (χ4n) is 1.10. The van der Waals surface area contributed by atoms with Crippen molar-refractivity contribution in [2.75, 3.05) is 0 Å². The van der Waals surface area contributed by atoms with Gasteiger partial charge in [0.15, 0.2) is 6.04 Å². The molecule has 8 N–H and O–H groups in total. The lowest BCUT2D eigenvalue weighted by atomic mass is 10.1. The maximum atomic E-state index is 11.4. The number of aliphatic carboxylic acids is 1. The quantitative estimate of drug-likeness (QED) is 0.235. The number of primary amides is 2. The van der Waals surface area contributed by atoms with Crippen molar-refractivity contribution in [2.45, 2.75) is 24.9 Å². The predicted molar refractivity (Wildman–Crippen MR) is 55.7 cm³/mol. The fourth-order valence-corrected chi connectivity index (χ4v) is 1.10. The first-order chi connectivity index (χ1) is 8.16. The third kappa shape index (κ3) is 4.76. The number of carbonyl (C=O) groups excluding carboxylic acids is 3. The Balaban J connectivity index is 4.80. The molecule has 0 saturated heterocycles. The van der Waals surface area contributed by atoms with E-state index in [2.05, 4.69) is 0 Å². The van der Waals surface area contributed by atoms with Gasteiger partial charge >= 0.3 is 5.97 Å². The summed E-state index contributed by atoms with van der Waals surface area (Å²) in [4.78, 5) is 43.3. The topological polar surface area (TPSA) is 190 Å². The molecule has 0 saturated carbocycles. The second-order valence-corrected chi connectivity index (χ2v) is 3.48. The van der Waals surface area contributed by atoms with Gasteiger partial charge in [0, 0.05) is 0 Å². The molecule has 2 unspecified atom stereocenters. The summed E-state index contributed by atoms with van der Waals surface area (Å²) in [6, 6.07) is -3.36. The highest BCUT2D eigenvalue weighted by Crippen LogP contribution is 2.05. The van der Waals surface area contributed by atoms with Crippen LogP contribution in [0, 0.1) is 0 Å². The van der Waals surface area contributed by atoms with Gasteiger partial charge in [-0.05, 0) is 0 Å². The largest absolute Gasteiger partial charge is 0.480 e. The Labute approximate surface area is 101 Å². The molecule has 3 amide bonds. The minimum atomic E-state index is -1.87. The molecule has 0 radical (unpaired) electrons. The normalized spacial score (nSPS) is 13.4. The summed E-state index contributed by atoms with van der Waals surface area (Å²) in [6.07, 6.45) is -1.36. The molecule has 0 aromatic rings. The van der Waals surface area contributed by atoms with Crippen molar-refractivity contribution in [1.82, 2.24) is 5.06 Å². The fraction of sp³-hybridized carbons (Fsp3) is 0.500. The number of rotatable bonds is 7. The van der Waals surface area contributed by atoms with E-state index in [4.69, 9.17) is 22.3 Å². The molecule has 0 spiro atoms. The lowest BCUT2D eigenvalue weighted by Gasteiger charge is -2.23. The Bertz CT molecular complexity index is 371. The van der Waals surface area contributed by atoms with Crippen molar-refractivity contribution in [3.05, 3.63) is 0 Å². The van der Waals surface area contributed by atoms with Crippen LogP contribution >= 0.6 is 0 Å². The summed E-state index contributed by atoms with van der Waals surface area (Å²) in [5.41, 5.74) is 14.8. The van der Waals surface area contributed by atoms with Crippen molar-refractivity contribution < 1.29 is 29.5 Å². The first-order valence-corrected chi connectivity index (χ1v) is 4.73. The molecule has 102 valence electrons. The first kappa shape index (κ1) is 15.8. The van der Waals surface area contributed by atoms with Gasteiger partial charge in [-0.1, -0.05) is 0 Å². The number of nitrogens with two attached hydrogens (primary N) is 3. The molecule has 0 rings (SSSR count). The highest BCUT2D eigenvalue weighted by atomic mass is 16.5. The van der Waals surface area contributed by atoms with Crippen LogP contribution in [0.1, 0.15) is 12.8 Å². The molecule has 0 fully saturated rings. The number of carbonyl (C=O) groups is 4. The van der Waals surface area contributed by atoms with Crippen molar-refractivity contribution in [2.24, 2.45) is 17.2 Å². The molecule has 18 heavy (non-hydrogen) atoms. The smallest absolute Gasteiger partial charge is 0.329 e. The summed E-state index contributed by atoms with van der Waals surface area (Å²) in [6.45, 7) is 0. The van der Waals surface area contributed by atoms with Crippen LogP contribution in [0.3, 0.4) is 0 Å². The molecule has 10 heteroatoms. The number of carboxylic acid groups (broad SMARTS) is 1. The number of hydroxylamine groups is 2. The van der Waals surface area contributed by atoms with Gasteiger partial charge in [0.25, 0.3) is 5.91 Å². The lowest BCUT2D eigenvalue weighted by molar-refractivity contribution is -0.188. The van der Waals surface area contributed by atoms with Gasteiger partial charge in [-0.2, -0.15) is 0 Å². The zero-order valence-corrected chi connectivity index (χ0v) is 9.28. The van der Waals surface area contributed by atoms with Crippen molar-refractivity contribution in [3.8, 4) is 0 Å². The molecule has 0 aromatic heterocycles. The summed E-state index contributed by atoms with van der Waals surface area (Å²) in [7, 11) is 0. The van der Waals surface area contributed by atoms with E-state index in [1.54, 1.807) is 0 Å². The molecule has 0 heterocycles. The number of carboxylic acids is 1. The maximum absolute atomic E-state index is 11.4. The Morgan fingerprint density at radius 1 is 1.06 bits per heavy atom. The highest BCUT2D eigenvalue weighted by Gasteiger charge is 2.33. The van der Waals surface area contributed by atoms with Gasteiger partial charge < -0.3 is 22.3 Å². The van der Waals surface area contributed by atoms with E-state index >= 15 is 0 Å². The molecule has 0 aliphatic rings. The average Bonchev–Trinajstić information content (AvgIpc) is 2.22. The molecule has 2 atom stereocenters. The Morgan fingerprint density at radius 3 is 1.83 bits per heavy atom. The molecule has 10 nitrogen and oxygen atoms in total. The van der Waals surface area contributed by atoms with Gasteiger partial charge in [-0.25, -0.2) is 9.86 Å². The number of hydrogen-bond donors (Lipinski definition) is 5. The van der Waals surface area contributed by atoms with E-state index in [1.165, 1.54) is 0 Å². The summed E-state index contributed by atoms with van der Waals surface area (Å²) in [5.74, 6) is -4.82. The van der Waals surface area contributed by atoms with Gasteiger partial charge in [0.2, 0.25) is 11.8 Å². The van der Waals surface area contributed by atoms with Gasteiger partial charge in [-0.15, -0.1) is 0 Å². The van der Waals surface area contributed by atoms with E-state index in [9.17, 15) is 24.4 Å². The minimum Gasteiger partial charge on any atom is -0.480 e. The SMILES string of the molecule is NC(=O)CC(N)C(=O)N(O)C(CC(N)=O)C(=O)O. The Hall–Kier alpha value is -2.20. The third-order valence-electron chi connectivity index (χ3n) is 1.94. The van der Waals surface area contributed by atoms with Gasteiger partial charge in [0.1, 0.15) is 0 Å². The Morgan fingerprint density at radius 2 is 1.50 bits per heavy atom. The van der Waals surface area contributed by atoms with Gasteiger partial charge in [0.05, 0.1) is 18.9 Å². The first-order valence-electron chi connectivity index (χ1n) is 4.73. The zero-order chi connectivity index (χ0) is 14.5. The van der Waals surface area contributed by atoms with E-state index in [0.717, 1.165) is 0 Å². The van der Waals surface area contributed by atoms with Crippen LogP contribution in [0.2, 0.25) is 0 Å². The van der Waals surface area contributed by atoms with Gasteiger partial charge in [-0.3, -0.25) is 19.6 Å². The number of hydrogen-bond acceptors (Lipinski definition) is 6. The van der Waals surface area contributed by atoms with E-state index in [1.807, 2.05) is 0 Å².